The van der Waals surface area contributed by atoms with Crippen LogP contribution in [-0.4, -0.2) is 11.9 Å². The second-order valence-corrected chi connectivity index (χ2v) is 7.50. The SMILES string of the molecule is Cc1cccc(C(=O)NC2C3C4CCC(C4)C23)c1I. The fourth-order valence-corrected chi connectivity index (χ4v) is 5.17. The van der Waals surface area contributed by atoms with E-state index in [-0.39, 0.29) is 5.91 Å². The molecule has 1 N–H and O–H groups in total. The summed E-state index contributed by atoms with van der Waals surface area (Å²) in [6.07, 6.45) is 4.24. The minimum atomic E-state index is 0.131. The number of benzene rings is 1. The maximum Gasteiger partial charge on any atom is 0.252 e. The van der Waals surface area contributed by atoms with Crippen LogP contribution < -0.4 is 5.32 Å². The fourth-order valence-electron chi connectivity index (χ4n) is 4.57. The molecule has 3 saturated carbocycles. The monoisotopic (exact) mass is 367 g/mol. The number of halogens is 1. The molecule has 1 aromatic rings. The van der Waals surface area contributed by atoms with E-state index in [0.717, 1.165) is 32.8 Å². The number of carbonyl (C=O) groups excluding carboxylic acids is 1. The van der Waals surface area contributed by atoms with Crippen LogP contribution in [0, 0.1) is 34.2 Å². The van der Waals surface area contributed by atoms with Crippen molar-refractivity contribution < 1.29 is 4.79 Å². The van der Waals surface area contributed by atoms with Crippen molar-refractivity contribution >= 4 is 28.5 Å². The van der Waals surface area contributed by atoms with Crippen molar-refractivity contribution in [1.82, 2.24) is 5.32 Å². The smallest absolute Gasteiger partial charge is 0.252 e. The number of fused-ring (bicyclic) bond motifs is 5. The third kappa shape index (κ3) is 1.77. The van der Waals surface area contributed by atoms with Crippen molar-refractivity contribution in [2.24, 2.45) is 23.7 Å². The molecule has 3 aliphatic rings. The maximum absolute atomic E-state index is 12.4. The van der Waals surface area contributed by atoms with Gasteiger partial charge in [0.25, 0.3) is 5.91 Å². The summed E-state index contributed by atoms with van der Waals surface area (Å²) in [5.74, 6) is 3.58. The molecule has 3 fully saturated rings. The number of rotatable bonds is 2. The van der Waals surface area contributed by atoms with Crippen LogP contribution in [0.4, 0.5) is 0 Å². The highest BCUT2D eigenvalue weighted by Crippen LogP contribution is 2.65. The summed E-state index contributed by atoms with van der Waals surface area (Å²) in [6, 6.07) is 6.46. The first-order chi connectivity index (χ1) is 9.16. The molecule has 4 rings (SSSR count). The zero-order valence-electron chi connectivity index (χ0n) is 11.0. The number of hydrogen-bond acceptors (Lipinski definition) is 1. The van der Waals surface area contributed by atoms with Gasteiger partial charge in [-0.1, -0.05) is 12.1 Å². The van der Waals surface area contributed by atoms with Crippen molar-refractivity contribution in [2.75, 3.05) is 0 Å². The first kappa shape index (κ1) is 12.2. The van der Waals surface area contributed by atoms with E-state index in [1.54, 1.807) is 0 Å². The molecule has 2 nitrogen and oxygen atoms in total. The van der Waals surface area contributed by atoms with Gasteiger partial charge in [0, 0.05) is 9.61 Å². The zero-order chi connectivity index (χ0) is 13.1. The van der Waals surface area contributed by atoms with Gasteiger partial charge in [-0.3, -0.25) is 4.79 Å². The van der Waals surface area contributed by atoms with Crippen molar-refractivity contribution in [3.8, 4) is 0 Å². The molecule has 1 aromatic carbocycles. The van der Waals surface area contributed by atoms with E-state index >= 15 is 0 Å². The van der Waals surface area contributed by atoms with Gasteiger partial charge in [-0.05, 0) is 84.1 Å². The van der Waals surface area contributed by atoms with Gasteiger partial charge >= 0.3 is 0 Å². The summed E-state index contributed by atoms with van der Waals surface area (Å²) in [5.41, 5.74) is 2.03. The Morgan fingerprint density at radius 2 is 1.95 bits per heavy atom. The largest absolute Gasteiger partial charge is 0.349 e. The number of hydrogen-bond donors (Lipinski definition) is 1. The van der Waals surface area contributed by atoms with Crippen LogP contribution in [0.25, 0.3) is 0 Å². The molecule has 1 amide bonds. The van der Waals surface area contributed by atoms with Crippen LogP contribution in [0.1, 0.15) is 35.2 Å². The van der Waals surface area contributed by atoms with Crippen molar-refractivity contribution in [2.45, 2.75) is 32.2 Å². The van der Waals surface area contributed by atoms with Gasteiger partial charge < -0.3 is 5.32 Å². The summed E-state index contributed by atoms with van der Waals surface area (Å²) < 4.78 is 1.09. The molecule has 100 valence electrons. The predicted molar refractivity (Wildman–Crippen MR) is 83.0 cm³/mol. The minimum absolute atomic E-state index is 0.131. The Labute approximate surface area is 127 Å². The van der Waals surface area contributed by atoms with E-state index in [1.807, 2.05) is 12.1 Å². The first-order valence-corrected chi connectivity index (χ1v) is 8.30. The maximum atomic E-state index is 12.4. The molecule has 4 unspecified atom stereocenters. The molecule has 3 aliphatic carbocycles. The van der Waals surface area contributed by atoms with Crippen molar-refractivity contribution in [3.63, 3.8) is 0 Å². The third-order valence-corrected chi connectivity index (χ3v) is 6.90. The summed E-state index contributed by atoms with van der Waals surface area (Å²) in [6.45, 7) is 2.06. The lowest BCUT2D eigenvalue weighted by molar-refractivity contribution is 0.0943. The normalized spacial score (nSPS) is 38.1. The average Bonchev–Trinajstić information content (AvgIpc) is 2.81. The minimum Gasteiger partial charge on any atom is -0.349 e. The number of carbonyl (C=O) groups is 1. The van der Waals surface area contributed by atoms with Crippen LogP contribution in [0.2, 0.25) is 0 Å². The Hall–Kier alpha value is -0.580. The van der Waals surface area contributed by atoms with Crippen LogP contribution in [-0.2, 0) is 0 Å². The van der Waals surface area contributed by atoms with Gasteiger partial charge in [-0.15, -0.1) is 0 Å². The molecule has 19 heavy (non-hydrogen) atoms. The Bertz CT molecular complexity index is 540. The van der Waals surface area contributed by atoms with Gasteiger partial charge in [0.2, 0.25) is 0 Å². The molecule has 0 aromatic heterocycles. The molecule has 0 spiro atoms. The second kappa shape index (κ2) is 4.21. The molecular weight excluding hydrogens is 349 g/mol. The number of nitrogens with one attached hydrogen (secondary N) is 1. The average molecular weight is 367 g/mol. The zero-order valence-corrected chi connectivity index (χ0v) is 13.2. The van der Waals surface area contributed by atoms with Crippen LogP contribution in [0.5, 0.6) is 0 Å². The molecule has 0 aliphatic heterocycles. The molecule has 0 heterocycles. The summed E-state index contributed by atoms with van der Waals surface area (Å²) in [7, 11) is 0. The Kier molecular flexibility index (Phi) is 2.70. The molecule has 0 radical (unpaired) electrons. The highest BCUT2D eigenvalue weighted by atomic mass is 127. The predicted octanol–water partition coefficient (Wildman–Crippen LogP) is 3.37. The van der Waals surface area contributed by atoms with Crippen molar-refractivity contribution in [1.29, 1.82) is 0 Å². The highest BCUT2D eigenvalue weighted by molar-refractivity contribution is 14.1. The van der Waals surface area contributed by atoms with Crippen molar-refractivity contribution in [3.05, 3.63) is 32.9 Å². The van der Waals surface area contributed by atoms with E-state index < -0.39 is 0 Å². The molecule has 0 saturated heterocycles. The van der Waals surface area contributed by atoms with Gasteiger partial charge in [0.15, 0.2) is 0 Å². The first-order valence-electron chi connectivity index (χ1n) is 7.23. The standard InChI is InChI=1S/C16H18INO/c1-8-3-2-4-11(14(8)17)16(19)18-15-12-9-5-6-10(7-9)13(12)15/h2-4,9-10,12-13,15H,5-7H2,1H3,(H,18,19). The number of amides is 1. The number of aryl methyl sites for hydroxylation is 1. The Balaban J connectivity index is 1.50. The van der Waals surface area contributed by atoms with E-state index in [1.165, 1.54) is 24.8 Å². The lowest BCUT2D eigenvalue weighted by Gasteiger charge is -2.12. The van der Waals surface area contributed by atoms with Crippen LogP contribution in [0.15, 0.2) is 18.2 Å². The van der Waals surface area contributed by atoms with Gasteiger partial charge in [-0.2, -0.15) is 0 Å². The molecule has 3 heteroatoms. The van der Waals surface area contributed by atoms with Gasteiger partial charge in [-0.25, -0.2) is 0 Å². The summed E-state index contributed by atoms with van der Waals surface area (Å²) >= 11 is 2.28. The molecular formula is C16H18INO. The van der Waals surface area contributed by atoms with E-state index in [4.69, 9.17) is 0 Å². The van der Waals surface area contributed by atoms with Crippen LogP contribution in [0.3, 0.4) is 0 Å². The Morgan fingerprint density at radius 1 is 1.26 bits per heavy atom. The molecule has 4 atom stereocenters. The van der Waals surface area contributed by atoms with Gasteiger partial charge in [0.1, 0.15) is 0 Å². The topological polar surface area (TPSA) is 29.1 Å². The quantitative estimate of drug-likeness (QED) is 0.798. The van der Waals surface area contributed by atoms with Crippen LogP contribution >= 0.6 is 22.6 Å². The van der Waals surface area contributed by atoms with E-state index in [9.17, 15) is 4.79 Å². The van der Waals surface area contributed by atoms with Gasteiger partial charge in [0.05, 0.1) is 5.56 Å². The van der Waals surface area contributed by atoms with E-state index in [0.29, 0.717) is 6.04 Å². The lowest BCUT2D eigenvalue weighted by Crippen LogP contribution is -2.30. The third-order valence-electron chi connectivity index (χ3n) is 5.47. The fraction of sp³-hybridized carbons (Fsp3) is 0.562. The molecule has 2 bridgehead atoms. The second-order valence-electron chi connectivity index (χ2n) is 6.42. The van der Waals surface area contributed by atoms with E-state index in [2.05, 4.69) is 40.9 Å². The Morgan fingerprint density at radius 3 is 2.63 bits per heavy atom. The summed E-state index contributed by atoms with van der Waals surface area (Å²) in [4.78, 5) is 12.4. The summed E-state index contributed by atoms with van der Waals surface area (Å²) in [5, 5.41) is 3.30. The highest BCUT2D eigenvalue weighted by Gasteiger charge is 2.65. The lowest BCUT2D eigenvalue weighted by atomic mass is 10.0.